The van der Waals surface area contributed by atoms with Gasteiger partial charge in [-0.2, -0.15) is 5.26 Å². The van der Waals surface area contributed by atoms with Crippen LogP contribution in [0.3, 0.4) is 0 Å². The Kier molecular flexibility index (Phi) is 7.62. The first-order chi connectivity index (χ1) is 13.9. The van der Waals surface area contributed by atoms with Crippen molar-refractivity contribution < 1.29 is 28.9 Å². The molecule has 0 spiro atoms. The summed E-state index contributed by atoms with van der Waals surface area (Å²) in [6.07, 6.45) is 1.38. The SMILES string of the molecule is COC(=O)COc1c(Br)cc(/C=C(\C#N)C(=O)Nc2ccc(O)cc2)cc1OC. The van der Waals surface area contributed by atoms with E-state index in [1.54, 1.807) is 12.1 Å². The molecule has 0 heterocycles. The molecule has 0 aliphatic carbocycles. The summed E-state index contributed by atoms with van der Waals surface area (Å²) < 4.78 is 15.7. The minimum Gasteiger partial charge on any atom is -0.508 e. The Morgan fingerprint density at radius 1 is 1.24 bits per heavy atom. The van der Waals surface area contributed by atoms with Gasteiger partial charge in [-0.3, -0.25) is 4.79 Å². The number of ether oxygens (including phenoxy) is 3. The molecule has 0 aliphatic rings. The molecule has 0 saturated carbocycles. The molecule has 29 heavy (non-hydrogen) atoms. The van der Waals surface area contributed by atoms with Gasteiger partial charge in [-0.15, -0.1) is 0 Å². The molecule has 8 nitrogen and oxygen atoms in total. The van der Waals surface area contributed by atoms with Crippen LogP contribution >= 0.6 is 15.9 Å². The van der Waals surface area contributed by atoms with Gasteiger partial charge >= 0.3 is 5.97 Å². The van der Waals surface area contributed by atoms with Gasteiger partial charge in [0, 0.05) is 5.69 Å². The van der Waals surface area contributed by atoms with Crippen LogP contribution in [-0.2, 0) is 14.3 Å². The smallest absolute Gasteiger partial charge is 0.343 e. The highest BCUT2D eigenvalue weighted by molar-refractivity contribution is 9.10. The summed E-state index contributed by atoms with van der Waals surface area (Å²) in [4.78, 5) is 23.7. The van der Waals surface area contributed by atoms with Crippen molar-refractivity contribution in [2.24, 2.45) is 0 Å². The molecule has 2 aromatic rings. The first-order valence-electron chi connectivity index (χ1n) is 8.17. The third-order valence-corrected chi connectivity index (χ3v) is 4.20. The van der Waals surface area contributed by atoms with Crippen LogP contribution in [0.5, 0.6) is 17.2 Å². The highest BCUT2D eigenvalue weighted by Crippen LogP contribution is 2.37. The molecular weight excluding hydrogens is 444 g/mol. The predicted octanol–water partition coefficient (Wildman–Crippen LogP) is 3.26. The summed E-state index contributed by atoms with van der Waals surface area (Å²) in [7, 11) is 2.67. The number of benzene rings is 2. The monoisotopic (exact) mass is 460 g/mol. The number of amides is 1. The fourth-order valence-corrected chi connectivity index (χ4v) is 2.79. The zero-order valence-electron chi connectivity index (χ0n) is 15.6. The van der Waals surface area contributed by atoms with Crippen LogP contribution in [0.25, 0.3) is 6.08 Å². The molecule has 0 saturated heterocycles. The second-order valence-corrected chi connectivity index (χ2v) is 6.42. The van der Waals surface area contributed by atoms with E-state index in [-0.39, 0.29) is 23.7 Å². The van der Waals surface area contributed by atoms with Gasteiger partial charge in [0.1, 0.15) is 17.4 Å². The highest BCUT2D eigenvalue weighted by Gasteiger charge is 2.15. The molecule has 1 amide bonds. The maximum atomic E-state index is 12.4. The van der Waals surface area contributed by atoms with Crippen molar-refractivity contribution in [2.45, 2.75) is 0 Å². The molecule has 0 aromatic heterocycles. The van der Waals surface area contributed by atoms with Gasteiger partial charge in [0.15, 0.2) is 18.1 Å². The average Bonchev–Trinajstić information content (AvgIpc) is 2.72. The van der Waals surface area contributed by atoms with E-state index in [2.05, 4.69) is 26.0 Å². The molecule has 150 valence electrons. The molecule has 0 radical (unpaired) electrons. The lowest BCUT2D eigenvalue weighted by Gasteiger charge is -2.13. The van der Waals surface area contributed by atoms with Crippen molar-refractivity contribution in [1.82, 2.24) is 0 Å². The minimum absolute atomic E-state index is 0.0606. The number of nitrogens with zero attached hydrogens (tertiary/aromatic N) is 1. The quantitative estimate of drug-likeness (QED) is 0.281. The molecule has 0 atom stereocenters. The first-order valence-corrected chi connectivity index (χ1v) is 8.96. The summed E-state index contributed by atoms with van der Waals surface area (Å²) in [5.74, 6) is -0.529. The van der Waals surface area contributed by atoms with E-state index >= 15 is 0 Å². The number of rotatable bonds is 7. The van der Waals surface area contributed by atoms with Crippen LogP contribution in [0.1, 0.15) is 5.56 Å². The fraction of sp³-hybridized carbons (Fsp3) is 0.150. The van der Waals surface area contributed by atoms with Gasteiger partial charge in [-0.25, -0.2) is 4.79 Å². The number of methoxy groups -OCH3 is 2. The molecule has 9 heteroatoms. The molecular formula is C20H17BrN2O6. The summed E-state index contributed by atoms with van der Waals surface area (Å²) in [5, 5.41) is 21.2. The lowest BCUT2D eigenvalue weighted by molar-refractivity contribution is -0.142. The van der Waals surface area contributed by atoms with E-state index in [9.17, 15) is 20.0 Å². The maximum Gasteiger partial charge on any atom is 0.343 e. The number of nitrogens with one attached hydrogen (secondary N) is 1. The van der Waals surface area contributed by atoms with Gasteiger partial charge in [0.2, 0.25) is 0 Å². The number of carbonyl (C=O) groups excluding carboxylic acids is 2. The Labute approximate surface area is 175 Å². The number of esters is 1. The molecule has 0 bridgehead atoms. The van der Waals surface area contributed by atoms with E-state index in [0.29, 0.717) is 21.5 Å². The predicted molar refractivity (Wildman–Crippen MR) is 109 cm³/mol. The zero-order valence-corrected chi connectivity index (χ0v) is 17.1. The van der Waals surface area contributed by atoms with Crippen molar-refractivity contribution in [3.63, 3.8) is 0 Å². The van der Waals surface area contributed by atoms with Gasteiger partial charge < -0.3 is 24.6 Å². The minimum atomic E-state index is -0.612. The second-order valence-electron chi connectivity index (χ2n) is 5.57. The Bertz CT molecular complexity index is 980. The number of nitriles is 1. The number of anilines is 1. The summed E-state index contributed by atoms with van der Waals surface area (Å²) in [6.45, 7) is -0.306. The van der Waals surface area contributed by atoms with Crippen LogP contribution in [0, 0.1) is 11.3 Å². The maximum absolute atomic E-state index is 12.4. The molecule has 2 N–H and O–H groups in total. The van der Waals surface area contributed by atoms with Gasteiger partial charge in [0.25, 0.3) is 5.91 Å². The lowest BCUT2D eigenvalue weighted by atomic mass is 10.1. The van der Waals surface area contributed by atoms with Crippen molar-refractivity contribution in [1.29, 1.82) is 5.26 Å². The lowest BCUT2D eigenvalue weighted by Crippen LogP contribution is -2.13. The topological polar surface area (TPSA) is 118 Å². The van der Waals surface area contributed by atoms with E-state index in [0.717, 1.165) is 0 Å². The first kappa shape index (κ1) is 21.8. The molecule has 0 unspecified atom stereocenters. The Balaban J connectivity index is 2.26. The Morgan fingerprint density at radius 3 is 2.52 bits per heavy atom. The standard InChI is InChI=1S/C20H17BrN2O6/c1-27-17-9-12(8-16(21)19(17)29-11-18(25)28-2)7-13(10-22)20(26)23-14-3-5-15(24)6-4-14/h3-9,24H,11H2,1-2H3,(H,23,26)/b13-7+. The highest BCUT2D eigenvalue weighted by atomic mass is 79.9. The van der Waals surface area contributed by atoms with E-state index < -0.39 is 11.9 Å². The average molecular weight is 461 g/mol. The number of phenols is 1. The number of carbonyl (C=O) groups is 2. The Morgan fingerprint density at radius 2 is 1.93 bits per heavy atom. The third-order valence-electron chi connectivity index (χ3n) is 3.62. The Hall–Kier alpha value is -3.51. The zero-order chi connectivity index (χ0) is 21.4. The van der Waals surface area contributed by atoms with Gasteiger partial charge in [-0.1, -0.05) is 0 Å². The van der Waals surface area contributed by atoms with E-state index in [4.69, 9.17) is 9.47 Å². The largest absolute Gasteiger partial charge is 0.508 e. The van der Waals surface area contributed by atoms with E-state index in [1.807, 2.05) is 6.07 Å². The summed E-state index contributed by atoms with van der Waals surface area (Å²) in [5.41, 5.74) is 0.783. The summed E-state index contributed by atoms with van der Waals surface area (Å²) >= 11 is 3.33. The van der Waals surface area contributed by atoms with Crippen molar-refractivity contribution >= 4 is 39.6 Å². The fourth-order valence-electron chi connectivity index (χ4n) is 2.21. The van der Waals surface area contributed by atoms with Gasteiger partial charge in [0.05, 0.1) is 18.7 Å². The van der Waals surface area contributed by atoms with E-state index in [1.165, 1.54) is 44.6 Å². The van der Waals surface area contributed by atoms with Crippen LogP contribution in [0.15, 0.2) is 46.4 Å². The van der Waals surface area contributed by atoms with Crippen molar-refractivity contribution in [3.8, 4) is 23.3 Å². The normalized spacial score (nSPS) is 10.6. The number of aromatic hydroxyl groups is 1. The van der Waals surface area contributed by atoms with Crippen LogP contribution in [-0.4, -0.2) is 37.8 Å². The number of halogens is 1. The van der Waals surface area contributed by atoms with Crippen LogP contribution in [0.2, 0.25) is 0 Å². The van der Waals surface area contributed by atoms with Crippen molar-refractivity contribution in [2.75, 3.05) is 26.1 Å². The molecule has 0 aliphatic heterocycles. The second kappa shape index (κ2) is 10.1. The summed E-state index contributed by atoms with van der Waals surface area (Å²) in [6, 6.07) is 10.9. The van der Waals surface area contributed by atoms with Crippen LogP contribution < -0.4 is 14.8 Å². The number of hydrogen-bond acceptors (Lipinski definition) is 7. The van der Waals surface area contributed by atoms with Crippen molar-refractivity contribution in [3.05, 3.63) is 52.0 Å². The third kappa shape index (κ3) is 5.99. The molecule has 2 rings (SSSR count). The molecule has 2 aromatic carbocycles. The van der Waals surface area contributed by atoms with Crippen LogP contribution in [0.4, 0.5) is 5.69 Å². The molecule has 0 fully saturated rings. The number of hydrogen-bond donors (Lipinski definition) is 2. The van der Waals surface area contributed by atoms with Gasteiger partial charge in [-0.05, 0) is 64.0 Å². The number of phenolic OH excluding ortho intramolecular Hbond substituents is 1.